The van der Waals surface area contributed by atoms with Gasteiger partial charge < -0.3 is 5.32 Å². The van der Waals surface area contributed by atoms with E-state index in [1.165, 1.54) is 70.6 Å². The lowest BCUT2D eigenvalue weighted by Gasteiger charge is -2.25. The maximum absolute atomic E-state index is 3.81. The molecule has 1 fully saturated rings. The Kier molecular flexibility index (Phi) is 7.97. The van der Waals surface area contributed by atoms with Crippen LogP contribution < -0.4 is 5.32 Å². The molecule has 0 aromatic rings. The van der Waals surface area contributed by atoms with Crippen LogP contribution >= 0.6 is 0 Å². The molecule has 0 atom stereocenters. The predicted octanol–water partition coefficient (Wildman–Crippen LogP) is 5.30. The fourth-order valence-corrected chi connectivity index (χ4v) is 2.82. The molecule has 1 aliphatic rings. The van der Waals surface area contributed by atoms with E-state index in [4.69, 9.17) is 0 Å². The van der Waals surface area contributed by atoms with E-state index >= 15 is 0 Å². The Morgan fingerprint density at radius 1 is 0.722 bits per heavy atom. The molecule has 1 rings (SSSR count). The van der Waals surface area contributed by atoms with Crippen molar-refractivity contribution in [2.45, 2.75) is 97.4 Å². The monoisotopic (exact) mass is 253 g/mol. The van der Waals surface area contributed by atoms with Gasteiger partial charge in [-0.15, -0.1) is 0 Å². The van der Waals surface area contributed by atoms with E-state index in [-0.39, 0.29) is 0 Å². The molecule has 1 heteroatoms. The minimum absolute atomic E-state index is 0.420. The van der Waals surface area contributed by atoms with Crippen molar-refractivity contribution in [3.63, 3.8) is 0 Å². The first-order chi connectivity index (χ1) is 8.58. The fraction of sp³-hybridized carbons (Fsp3) is 1.00. The minimum atomic E-state index is 0.420. The molecule has 0 spiro atoms. The summed E-state index contributed by atoms with van der Waals surface area (Å²) in [5.74, 6) is 0. The molecule has 1 nitrogen and oxygen atoms in total. The van der Waals surface area contributed by atoms with Gasteiger partial charge in [0.25, 0.3) is 0 Å². The number of rotatable bonds is 2. The van der Waals surface area contributed by atoms with Gasteiger partial charge in [0.2, 0.25) is 0 Å². The van der Waals surface area contributed by atoms with Crippen molar-refractivity contribution in [3.05, 3.63) is 0 Å². The lowest BCUT2D eigenvalue weighted by Crippen LogP contribution is -2.35. The van der Waals surface area contributed by atoms with Crippen molar-refractivity contribution in [1.29, 1.82) is 0 Å². The molecule has 0 saturated heterocycles. The zero-order valence-electron chi connectivity index (χ0n) is 13.1. The van der Waals surface area contributed by atoms with Crippen molar-refractivity contribution in [1.82, 2.24) is 5.32 Å². The van der Waals surface area contributed by atoms with Gasteiger partial charge >= 0.3 is 0 Å². The molecule has 0 aromatic heterocycles. The third-order valence-corrected chi connectivity index (χ3v) is 4.03. The molecule has 1 N–H and O–H groups in total. The summed E-state index contributed by atoms with van der Waals surface area (Å²) >= 11 is 0. The second kappa shape index (κ2) is 8.96. The first-order valence-electron chi connectivity index (χ1n) is 8.31. The Morgan fingerprint density at radius 3 is 1.50 bits per heavy atom. The fourth-order valence-electron chi connectivity index (χ4n) is 2.82. The maximum atomic E-state index is 3.81. The highest BCUT2D eigenvalue weighted by Gasteiger charge is 2.14. The van der Waals surface area contributed by atoms with Crippen LogP contribution in [0.4, 0.5) is 0 Å². The summed E-state index contributed by atoms with van der Waals surface area (Å²) in [6.07, 6.45) is 15.9. The Balaban J connectivity index is 2.27. The van der Waals surface area contributed by atoms with Crippen molar-refractivity contribution < 1.29 is 0 Å². The Morgan fingerprint density at radius 2 is 1.11 bits per heavy atom. The smallest absolute Gasteiger partial charge is 0.00672 e. The van der Waals surface area contributed by atoms with Gasteiger partial charge in [-0.05, 0) is 18.3 Å². The SMILES string of the molecule is CC(C)(C)CNC1CCCCCCCCCCC1. The molecular weight excluding hydrogens is 218 g/mol. The molecule has 18 heavy (non-hydrogen) atoms. The topological polar surface area (TPSA) is 12.0 Å². The number of hydrogen-bond donors (Lipinski definition) is 1. The summed E-state index contributed by atoms with van der Waals surface area (Å²) in [5.41, 5.74) is 0.420. The largest absolute Gasteiger partial charge is 0.313 e. The molecule has 0 aliphatic heterocycles. The van der Waals surface area contributed by atoms with Gasteiger partial charge in [0.1, 0.15) is 0 Å². The molecule has 0 unspecified atom stereocenters. The molecule has 0 aromatic carbocycles. The highest BCUT2D eigenvalue weighted by molar-refractivity contribution is 4.73. The number of nitrogens with one attached hydrogen (secondary N) is 1. The van der Waals surface area contributed by atoms with E-state index in [9.17, 15) is 0 Å². The van der Waals surface area contributed by atoms with Crippen LogP contribution in [0, 0.1) is 5.41 Å². The first kappa shape index (κ1) is 16.0. The third kappa shape index (κ3) is 8.97. The standard InChI is InChI=1S/C17H35N/c1-17(2,3)15-18-16-13-11-9-7-5-4-6-8-10-12-14-16/h16,18H,4-15H2,1-3H3. The van der Waals surface area contributed by atoms with Crippen LogP contribution in [0.2, 0.25) is 0 Å². The summed E-state index contributed by atoms with van der Waals surface area (Å²) in [5, 5.41) is 3.81. The second-order valence-corrected chi connectivity index (χ2v) is 7.40. The highest BCUT2D eigenvalue weighted by atomic mass is 14.9. The number of hydrogen-bond acceptors (Lipinski definition) is 1. The summed E-state index contributed by atoms with van der Waals surface area (Å²) in [4.78, 5) is 0. The van der Waals surface area contributed by atoms with Crippen LogP contribution in [0.1, 0.15) is 91.4 Å². The Labute approximate surface area is 115 Å². The summed E-state index contributed by atoms with van der Waals surface area (Å²) < 4.78 is 0. The van der Waals surface area contributed by atoms with Crippen molar-refractivity contribution in [2.24, 2.45) is 5.41 Å². The third-order valence-electron chi connectivity index (χ3n) is 4.03. The zero-order valence-corrected chi connectivity index (χ0v) is 13.1. The maximum Gasteiger partial charge on any atom is 0.00672 e. The van der Waals surface area contributed by atoms with Crippen LogP contribution in [0.3, 0.4) is 0 Å². The van der Waals surface area contributed by atoms with Crippen LogP contribution in [-0.2, 0) is 0 Å². The average Bonchev–Trinajstić information content (AvgIpc) is 2.27. The summed E-state index contributed by atoms with van der Waals surface area (Å²) in [7, 11) is 0. The molecule has 0 amide bonds. The normalized spacial score (nSPS) is 22.2. The van der Waals surface area contributed by atoms with E-state index in [1.54, 1.807) is 0 Å². The van der Waals surface area contributed by atoms with Gasteiger partial charge in [-0.1, -0.05) is 78.6 Å². The quantitative estimate of drug-likeness (QED) is 0.704. The zero-order chi connectivity index (χ0) is 13.3. The van der Waals surface area contributed by atoms with E-state index < -0.39 is 0 Å². The average molecular weight is 253 g/mol. The van der Waals surface area contributed by atoms with Crippen molar-refractivity contribution >= 4 is 0 Å². The molecule has 108 valence electrons. The lowest BCUT2D eigenvalue weighted by molar-refractivity contribution is 0.323. The molecule has 1 aliphatic carbocycles. The van der Waals surface area contributed by atoms with Gasteiger partial charge in [0.15, 0.2) is 0 Å². The molecule has 0 radical (unpaired) electrons. The molecular formula is C17H35N. The van der Waals surface area contributed by atoms with Gasteiger partial charge in [-0.25, -0.2) is 0 Å². The van der Waals surface area contributed by atoms with Gasteiger partial charge in [0, 0.05) is 12.6 Å². The van der Waals surface area contributed by atoms with Crippen molar-refractivity contribution in [3.8, 4) is 0 Å². The first-order valence-corrected chi connectivity index (χ1v) is 8.31. The van der Waals surface area contributed by atoms with E-state index in [0.29, 0.717) is 5.41 Å². The van der Waals surface area contributed by atoms with Crippen molar-refractivity contribution in [2.75, 3.05) is 6.54 Å². The summed E-state index contributed by atoms with van der Waals surface area (Å²) in [6, 6.07) is 0.781. The Bertz CT molecular complexity index is 180. The van der Waals surface area contributed by atoms with Gasteiger partial charge in [0.05, 0.1) is 0 Å². The molecule has 0 bridgehead atoms. The Hall–Kier alpha value is -0.0400. The molecule has 0 heterocycles. The van der Waals surface area contributed by atoms with E-state index in [1.807, 2.05) is 0 Å². The molecule has 1 saturated carbocycles. The van der Waals surface area contributed by atoms with E-state index in [0.717, 1.165) is 12.6 Å². The van der Waals surface area contributed by atoms with Crippen LogP contribution in [0.5, 0.6) is 0 Å². The summed E-state index contributed by atoms with van der Waals surface area (Å²) in [6.45, 7) is 8.15. The van der Waals surface area contributed by atoms with Crippen LogP contribution in [-0.4, -0.2) is 12.6 Å². The predicted molar refractivity (Wildman–Crippen MR) is 82.0 cm³/mol. The van der Waals surface area contributed by atoms with Crippen LogP contribution in [0.15, 0.2) is 0 Å². The van der Waals surface area contributed by atoms with Gasteiger partial charge in [-0.2, -0.15) is 0 Å². The highest BCUT2D eigenvalue weighted by Crippen LogP contribution is 2.18. The lowest BCUT2D eigenvalue weighted by atomic mass is 9.94. The van der Waals surface area contributed by atoms with E-state index in [2.05, 4.69) is 26.1 Å². The minimum Gasteiger partial charge on any atom is -0.313 e. The van der Waals surface area contributed by atoms with Crippen LogP contribution in [0.25, 0.3) is 0 Å². The van der Waals surface area contributed by atoms with Gasteiger partial charge in [-0.3, -0.25) is 0 Å². The second-order valence-electron chi connectivity index (χ2n) is 7.40.